The monoisotopic (exact) mass is 281 g/mol. The molecule has 2 heterocycles. The van der Waals surface area contributed by atoms with Gasteiger partial charge >= 0.3 is 0 Å². The van der Waals surface area contributed by atoms with Crippen LogP contribution in [0.3, 0.4) is 0 Å². The molecule has 1 fully saturated rings. The summed E-state index contributed by atoms with van der Waals surface area (Å²) in [5, 5.41) is 8.61. The quantitative estimate of drug-likeness (QED) is 0.778. The van der Waals surface area contributed by atoms with Gasteiger partial charge in [0.25, 0.3) is 0 Å². The van der Waals surface area contributed by atoms with Crippen LogP contribution in [0.2, 0.25) is 0 Å². The van der Waals surface area contributed by atoms with Gasteiger partial charge in [0, 0.05) is 18.7 Å². The SMILES string of the molecule is [B]c1ccc(OC)c(-c2ccc(N3CCOCC3)nn2)c1. The Hall–Kier alpha value is -2.08. The second kappa shape index (κ2) is 6.14. The van der Waals surface area contributed by atoms with E-state index in [1.807, 2.05) is 24.3 Å². The number of benzene rings is 1. The lowest BCUT2D eigenvalue weighted by molar-refractivity contribution is 0.122. The first-order chi connectivity index (χ1) is 10.3. The number of nitrogens with zero attached hydrogens (tertiary/aromatic N) is 3. The molecule has 0 bridgehead atoms. The maximum absolute atomic E-state index is 5.84. The summed E-state index contributed by atoms with van der Waals surface area (Å²) in [5.41, 5.74) is 2.26. The van der Waals surface area contributed by atoms with E-state index >= 15 is 0 Å². The van der Waals surface area contributed by atoms with Crippen molar-refractivity contribution in [1.82, 2.24) is 10.2 Å². The average molecular weight is 281 g/mol. The van der Waals surface area contributed by atoms with Crippen LogP contribution in [0.25, 0.3) is 11.3 Å². The largest absolute Gasteiger partial charge is 0.496 e. The lowest BCUT2D eigenvalue weighted by atomic mass is 9.93. The van der Waals surface area contributed by atoms with Crippen molar-refractivity contribution in [3.63, 3.8) is 0 Å². The number of hydrogen-bond acceptors (Lipinski definition) is 5. The van der Waals surface area contributed by atoms with E-state index < -0.39 is 0 Å². The molecule has 106 valence electrons. The van der Waals surface area contributed by atoms with E-state index in [1.54, 1.807) is 13.2 Å². The third-order valence-electron chi connectivity index (χ3n) is 3.49. The van der Waals surface area contributed by atoms with Crippen LogP contribution in [0.1, 0.15) is 0 Å². The molecular formula is C15H16BN3O2. The summed E-state index contributed by atoms with van der Waals surface area (Å²) in [6.07, 6.45) is 0. The molecule has 21 heavy (non-hydrogen) atoms. The number of ether oxygens (including phenoxy) is 2. The Morgan fingerprint density at radius 1 is 1.14 bits per heavy atom. The zero-order valence-electron chi connectivity index (χ0n) is 12.0. The van der Waals surface area contributed by atoms with Gasteiger partial charge in [0.1, 0.15) is 13.6 Å². The number of hydrogen-bond donors (Lipinski definition) is 0. The van der Waals surface area contributed by atoms with Crippen LogP contribution in [-0.4, -0.2) is 51.5 Å². The van der Waals surface area contributed by atoms with E-state index in [-0.39, 0.29) is 0 Å². The van der Waals surface area contributed by atoms with Crippen molar-refractivity contribution in [2.24, 2.45) is 0 Å². The van der Waals surface area contributed by atoms with Crippen molar-refractivity contribution in [3.8, 4) is 17.0 Å². The van der Waals surface area contributed by atoms with Crippen molar-refractivity contribution in [2.45, 2.75) is 0 Å². The highest BCUT2D eigenvalue weighted by molar-refractivity contribution is 6.32. The Kier molecular flexibility index (Phi) is 4.06. The molecule has 1 aliphatic rings. The number of aromatic nitrogens is 2. The molecule has 0 amide bonds. The molecule has 0 aliphatic carbocycles. The third-order valence-corrected chi connectivity index (χ3v) is 3.49. The highest BCUT2D eigenvalue weighted by Gasteiger charge is 2.14. The van der Waals surface area contributed by atoms with Crippen LogP contribution in [0.4, 0.5) is 5.82 Å². The van der Waals surface area contributed by atoms with Crippen molar-refractivity contribution < 1.29 is 9.47 Å². The van der Waals surface area contributed by atoms with Crippen LogP contribution in [-0.2, 0) is 4.74 Å². The minimum absolute atomic E-state index is 0.671. The molecule has 0 spiro atoms. The standard InChI is InChI=1S/C15H16BN3O2/c1-20-14-4-2-11(16)10-12(14)13-3-5-15(18-17-13)19-6-8-21-9-7-19/h2-5,10H,6-9H2,1H3. The molecule has 1 aromatic carbocycles. The number of methoxy groups -OCH3 is 1. The lowest BCUT2D eigenvalue weighted by Crippen LogP contribution is -2.36. The molecule has 1 aromatic heterocycles. The van der Waals surface area contributed by atoms with Crippen LogP contribution in [0, 0.1) is 0 Å². The van der Waals surface area contributed by atoms with E-state index in [4.69, 9.17) is 17.3 Å². The second-order valence-corrected chi connectivity index (χ2v) is 4.84. The Morgan fingerprint density at radius 3 is 2.62 bits per heavy atom. The molecule has 0 atom stereocenters. The zero-order chi connectivity index (χ0) is 14.7. The summed E-state index contributed by atoms with van der Waals surface area (Å²) in [4.78, 5) is 2.16. The molecule has 0 saturated carbocycles. The van der Waals surface area contributed by atoms with Crippen molar-refractivity contribution in [1.29, 1.82) is 0 Å². The van der Waals surface area contributed by atoms with E-state index in [9.17, 15) is 0 Å². The number of rotatable bonds is 3. The fourth-order valence-electron chi connectivity index (χ4n) is 2.36. The first-order valence-corrected chi connectivity index (χ1v) is 6.88. The van der Waals surface area contributed by atoms with Gasteiger partial charge in [-0.3, -0.25) is 0 Å². The van der Waals surface area contributed by atoms with Gasteiger partial charge in [0.15, 0.2) is 5.82 Å². The first kappa shape index (κ1) is 13.9. The highest BCUT2D eigenvalue weighted by Crippen LogP contribution is 2.27. The Labute approximate surface area is 125 Å². The zero-order valence-corrected chi connectivity index (χ0v) is 12.0. The van der Waals surface area contributed by atoms with Crippen molar-refractivity contribution in [3.05, 3.63) is 30.3 Å². The average Bonchev–Trinajstić information content (AvgIpc) is 2.56. The summed E-state index contributed by atoms with van der Waals surface area (Å²) in [6.45, 7) is 3.14. The summed E-state index contributed by atoms with van der Waals surface area (Å²) >= 11 is 0. The van der Waals surface area contributed by atoms with Crippen LogP contribution < -0.4 is 15.1 Å². The number of morpholine rings is 1. The molecule has 3 rings (SSSR count). The first-order valence-electron chi connectivity index (χ1n) is 6.88. The van der Waals surface area contributed by atoms with Crippen molar-refractivity contribution in [2.75, 3.05) is 38.3 Å². The molecule has 1 saturated heterocycles. The van der Waals surface area contributed by atoms with E-state index in [0.717, 1.165) is 49.1 Å². The van der Waals surface area contributed by atoms with Crippen LogP contribution >= 0.6 is 0 Å². The maximum atomic E-state index is 5.84. The Bertz CT molecular complexity index is 613. The van der Waals surface area contributed by atoms with Gasteiger partial charge in [0.05, 0.1) is 26.0 Å². The summed E-state index contributed by atoms with van der Waals surface area (Å²) in [7, 11) is 7.47. The predicted octanol–water partition coefficient (Wildman–Crippen LogP) is 0.783. The summed E-state index contributed by atoms with van der Waals surface area (Å²) < 4.78 is 10.7. The number of anilines is 1. The predicted molar refractivity (Wildman–Crippen MR) is 82.4 cm³/mol. The summed E-state index contributed by atoms with van der Waals surface area (Å²) in [5.74, 6) is 1.60. The molecule has 0 unspecified atom stereocenters. The van der Waals surface area contributed by atoms with Crippen molar-refractivity contribution >= 4 is 19.1 Å². The fourth-order valence-corrected chi connectivity index (χ4v) is 2.36. The Morgan fingerprint density at radius 2 is 1.95 bits per heavy atom. The van der Waals surface area contributed by atoms with Crippen LogP contribution in [0.5, 0.6) is 5.75 Å². The topological polar surface area (TPSA) is 47.5 Å². The molecule has 0 N–H and O–H groups in total. The minimum atomic E-state index is 0.671. The van der Waals surface area contributed by atoms with Gasteiger partial charge in [-0.05, 0) is 18.2 Å². The fraction of sp³-hybridized carbons (Fsp3) is 0.333. The van der Waals surface area contributed by atoms with E-state index in [0.29, 0.717) is 5.46 Å². The molecule has 5 nitrogen and oxygen atoms in total. The van der Waals surface area contributed by atoms with Gasteiger partial charge in [-0.1, -0.05) is 17.6 Å². The van der Waals surface area contributed by atoms with Gasteiger partial charge < -0.3 is 14.4 Å². The molecule has 1 aliphatic heterocycles. The van der Waals surface area contributed by atoms with Gasteiger partial charge in [-0.25, -0.2) is 0 Å². The highest BCUT2D eigenvalue weighted by atomic mass is 16.5. The van der Waals surface area contributed by atoms with Gasteiger partial charge in [-0.15, -0.1) is 10.2 Å². The molecule has 2 radical (unpaired) electrons. The lowest BCUT2D eigenvalue weighted by Gasteiger charge is -2.27. The molecule has 6 heteroatoms. The summed E-state index contributed by atoms with van der Waals surface area (Å²) in [6, 6.07) is 9.39. The maximum Gasteiger partial charge on any atom is 0.151 e. The third kappa shape index (κ3) is 3.00. The van der Waals surface area contributed by atoms with E-state index in [1.165, 1.54) is 0 Å². The smallest absolute Gasteiger partial charge is 0.151 e. The van der Waals surface area contributed by atoms with Gasteiger partial charge in [0.2, 0.25) is 0 Å². The van der Waals surface area contributed by atoms with Crippen LogP contribution in [0.15, 0.2) is 30.3 Å². The minimum Gasteiger partial charge on any atom is -0.496 e. The van der Waals surface area contributed by atoms with E-state index in [2.05, 4.69) is 15.1 Å². The molecular weight excluding hydrogens is 265 g/mol. The Balaban J connectivity index is 1.88. The molecule has 2 aromatic rings. The normalized spacial score (nSPS) is 15.0. The second-order valence-electron chi connectivity index (χ2n) is 4.84. The van der Waals surface area contributed by atoms with Gasteiger partial charge in [-0.2, -0.15) is 0 Å².